The molecule has 1 heterocycles. The van der Waals surface area contributed by atoms with E-state index in [4.69, 9.17) is 4.74 Å². The SMILES string of the molecule is CCOC(=O)Cn1cc(NC(=O)CCc2ccc(C(C)(C)C)cc2)nn1. The van der Waals surface area contributed by atoms with Crippen LogP contribution in [0.1, 0.15) is 45.2 Å². The van der Waals surface area contributed by atoms with Crippen molar-refractivity contribution in [3.8, 4) is 0 Å². The van der Waals surface area contributed by atoms with E-state index in [1.165, 1.54) is 16.4 Å². The van der Waals surface area contributed by atoms with Gasteiger partial charge in [-0.3, -0.25) is 9.59 Å². The smallest absolute Gasteiger partial charge is 0.327 e. The van der Waals surface area contributed by atoms with Crippen LogP contribution in [0.2, 0.25) is 0 Å². The van der Waals surface area contributed by atoms with Gasteiger partial charge in [-0.15, -0.1) is 5.10 Å². The fourth-order valence-electron chi connectivity index (χ4n) is 2.41. The first-order valence-electron chi connectivity index (χ1n) is 8.73. The maximum absolute atomic E-state index is 12.1. The van der Waals surface area contributed by atoms with Crippen LogP contribution in [-0.4, -0.2) is 33.5 Å². The first kappa shape index (κ1) is 19.6. The van der Waals surface area contributed by atoms with Crippen molar-refractivity contribution in [2.45, 2.75) is 52.5 Å². The summed E-state index contributed by atoms with van der Waals surface area (Å²) >= 11 is 0. The molecule has 7 heteroatoms. The van der Waals surface area contributed by atoms with Crippen molar-refractivity contribution in [1.82, 2.24) is 15.0 Å². The van der Waals surface area contributed by atoms with E-state index < -0.39 is 5.97 Å². The molecule has 2 rings (SSSR count). The van der Waals surface area contributed by atoms with Crippen LogP contribution in [0, 0.1) is 0 Å². The van der Waals surface area contributed by atoms with Gasteiger partial charge in [-0.25, -0.2) is 4.68 Å². The molecule has 0 aliphatic rings. The van der Waals surface area contributed by atoms with Gasteiger partial charge in [-0.2, -0.15) is 0 Å². The number of anilines is 1. The number of aromatic nitrogens is 3. The molecule has 1 aromatic carbocycles. The number of rotatable bonds is 7. The average molecular weight is 358 g/mol. The van der Waals surface area contributed by atoms with Crippen LogP contribution in [-0.2, 0) is 32.7 Å². The van der Waals surface area contributed by atoms with Crippen LogP contribution < -0.4 is 5.32 Å². The molecule has 1 N–H and O–H groups in total. The summed E-state index contributed by atoms with van der Waals surface area (Å²) in [5.41, 5.74) is 2.49. The maximum atomic E-state index is 12.1. The number of amides is 1. The predicted molar refractivity (Wildman–Crippen MR) is 98.7 cm³/mol. The van der Waals surface area contributed by atoms with Crippen LogP contribution in [0.25, 0.3) is 0 Å². The minimum atomic E-state index is -0.394. The van der Waals surface area contributed by atoms with Crippen LogP contribution in [0.5, 0.6) is 0 Å². The molecule has 0 atom stereocenters. The maximum Gasteiger partial charge on any atom is 0.327 e. The molecule has 0 radical (unpaired) electrons. The standard InChI is InChI=1S/C19H26N4O3/c1-5-26-18(25)13-23-12-16(21-22-23)20-17(24)11-8-14-6-9-15(10-7-14)19(2,3)4/h6-7,9-10,12H,5,8,11,13H2,1-4H3,(H,20,24). The molecule has 0 aliphatic carbocycles. The van der Waals surface area contributed by atoms with Crippen molar-refractivity contribution in [3.05, 3.63) is 41.6 Å². The van der Waals surface area contributed by atoms with Crippen molar-refractivity contribution >= 4 is 17.7 Å². The number of ether oxygens (including phenoxy) is 1. The summed E-state index contributed by atoms with van der Waals surface area (Å²) in [4.78, 5) is 23.5. The molecule has 0 unspecified atom stereocenters. The Morgan fingerprint density at radius 3 is 2.50 bits per heavy atom. The summed E-state index contributed by atoms with van der Waals surface area (Å²) in [5, 5.41) is 10.3. The van der Waals surface area contributed by atoms with Crippen molar-refractivity contribution in [2.24, 2.45) is 0 Å². The topological polar surface area (TPSA) is 86.1 Å². The molecule has 140 valence electrons. The summed E-state index contributed by atoms with van der Waals surface area (Å²) < 4.78 is 6.17. The summed E-state index contributed by atoms with van der Waals surface area (Å²) in [7, 11) is 0. The number of benzene rings is 1. The fourth-order valence-corrected chi connectivity index (χ4v) is 2.41. The Bertz CT molecular complexity index is 745. The molecule has 1 aromatic heterocycles. The third-order valence-electron chi connectivity index (χ3n) is 3.86. The van der Waals surface area contributed by atoms with Gasteiger partial charge in [0.1, 0.15) is 6.54 Å². The minimum Gasteiger partial charge on any atom is -0.465 e. The molecule has 0 saturated heterocycles. The van der Waals surface area contributed by atoms with E-state index in [1.807, 2.05) is 0 Å². The molecule has 2 aromatic rings. The van der Waals surface area contributed by atoms with E-state index in [1.54, 1.807) is 6.92 Å². The highest BCUT2D eigenvalue weighted by Crippen LogP contribution is 2.22. The number of carbonyl (C=O) groups excluding carboxylic acids is 2. The first-order valence-corrected chi connectivity index (χ1v) is 8.73. The second-order valence-electron chi connectivity index (χ2n) is 7.10. The van der Waals surface area contributed by atoms with Gasteiger partial charge >= 0.3 is 5.97 Å². The molecular weight excluding hydrogens is 332 g/mol. The molecule has 0 fully saturated rings. The number of nitrogens with zero attached hydrogens (tertiary/aromatic N) is 3. The molecule has 1 amide bonds. The zero-order chi connectivity index (χ0) is 19.2. The highest BCUT2D eigenvalue weighted by Gasteiger charge is 2.13. The van der Waals surface area contributed by atoms with Gasteiger partial charge in [0.05, 0.1) is 12.8 Å². The molecule has 0 bridgehead atoms. The Balaban J connectivity index is 1.82. The zero-order valence-electron chi connectivity index (χ0n) is 15.8. The van der Waals surface area contributed by atoms with Crippen LogP contribution in [0.3, 0.4) is 0 Å². The largest absolute Gasteiger partial charge is 0.465 e. The van der Waals surface area contributed by atoms with Gasteiger partial charge in [-0.1, -0.05) is 50.3 Å². The lowest BCUT2D eigenvalue weighted by Crippen LogP contribution is -2.14. The van der Waals surface area contributed by atoms with Gasteiger partial charge in [0.2, 0.25) is 5.91 Å². The van der Waals surface area contributed by atoms with Gasteiger partial charge in [0.25, 0.3) is 0 Å². The van der Waals surface area contributed by atoms with E-state index >= 15 is 0 Å². The number of hydrogen-bond donors (Lipinski definition) is 1. The predicted octanol–water partition coefficient (Wildman–Crippen LogP) is 2.71. The van der Waals surface area contributed by atoms with Crippen molar-refractivity contribution < 1.29 is 14.3 Å². The summed E-state index contributed by atoms with van der Waals surface area (Å²) in [6.07, 6.45) is 2.50. The lowest BCUT2D eigenvalue weighted by atomic mass is 9.86. The lowest BCUT2D eigenvalue weighted by Gasteiger charge is -2.19. The quantitative estimate of drug-likeness (QED) is 0.769. The molecule has 0 aliphatic heterocycles. The number of nitrogens with one attached hydrogen (secondary N) is 1. The normalized spacial score (nSPS) is 11.2. The van der Waals surface area contributed by atoms with Crippen molar-refractivity contribution in [1.29, 1.82) is 0 Å². The van der Waals surface area contributed by atoms with Gasteiger partial charge in [0, 0.05) is 6.42 Å². The second kappa shape index (κ2) is 8.60. The van der Waals surface area contributed by atoms with Crippen LogP contribution >= 0.6 is 0 Å². The Kier molecular flexibility index (Phi) is 6.49. The van der Waals surface area contributed by atoms with Gasteiger partial charge < -0.3 is 10.1 Å². The molecular formula is C19H26N4O3. The van der Waals surface area contributed by atoms with E-state index in [0.717, 1.165) is 5.56 Å². The fraction of sp³-hybridized carbons (Fsp3) is 0.474. The zero-order valence-corrected chi connectivity index (χ0v) is 15.8. The monoisotopic (exact) mass is 358 g/mol. The molecule has 26 heavy (non-hydrogen) atoms. The summed E-state index contributed by atoms with van der Waals surface area (Å²) in [5.74, 6) is -0.218. The van der Waals surface area contributed by atoms with Gasteiger partial charge in [0.15, 0.2) is 5.82 Å². The van der Waals surface area contributed by atoms with Gasteiger partial charge in [-0.05, 0) is 29.9 Å². The Morgan fingerprint density at radius 2 is 1.88 bits per heavy atom. The highest BCUT2D eigenvalue weighted by atomic mass is 16.5. The molecule has 7 nitrogen and oxygen atoms in total. The van der Waals surface area contributed by atoms with Crippen LogP contribution in [0.15, 0.2) is 30.5 Å². The number of esters is 1. The Labute approximate surface area is 153 Å². The Morgan fingerprint density at radius 1 is 1.19 bits per heavy atom. The molecule has 0 spiro atoms. The van der Waals surface area contributed by atoms with E-state index in [9.17, 15) is 9.59 Å². The number of carbonyl (C=O) groups is 2. The summed E-state index contributed by atoms with van der Waals surface area (Å²) in [6.45, 7) is 8.53. The second-order valence-corrected chi connectivity index (χ2v) is 7.10. The Hall–Kier alpha value is -2.70. The number of hydrogen-bond acceptors (Lipinski definition) is 5. The average Bonchev–Trinajstić information content (AvgIpc) is 2.99. The van der Waals surface area contributed by atoms with Crippen LogP contribution in [0.4, 0.5) is 5.82 Å². The van der Waals surface area contributed by atoms with Crippen molar-refractivity contribution in [2.75, 3.05) is 11.9 Å². The molecule has 0 saturated carbocycles. The summed E-state index contributed by atoms with van der Waals surface area (Å²) in [6, 6.07) is 8.33. The highest BCUT2D eigenvalue weighted by molar-refractivity contribution is 5.89. The van der Waals surface area contributed by atoms with E-state index in [0.29, 0.717) is 25.3 Å². The van der Waals surface area contributed by atoms with E-state index in [2.05, 4.69) is 60.7 Å². The third-order valence-corrected chi connectivity index (χ3v) is 3.86. The lowest BCUT2D eigenvalue weighted by molar-refractivity contribution is -0.144. The minimum absolute atomic E-state index is 0.0309. The third kappa shape index (κ3) is 5.98. The van der Waals surface area contributed by atoms with Crippen molar-refractivity contribution in [3.63, 3.8) is 0 Å². The number of aryl methyl sites for hydroxylation is 1. The first-order chi connectivity index (χ1) is 12.3. The van der Waals surface area contributed by atoms with E-state index in [-0.39, 0.29) is 17.9 Å².